The van der Waals surface area contributed by atoms with Crippen LogP contribution in [0.15, 0.2) is 65.1 Å². The third kappa shape index (κ3) is 4.39. The lowest BCUT2D eigenvalue weighted by Crippen LogP contribution is -2.13. The second-order valence-corrected chi connectivity index (χ2v) is 9.28. The van der Waals surface area contributed by atoms with E-state index in [1.165, 1.54) is 24.4 Å². The molecule has 0 unspecified atom stereocenters. The van der Waals surface area contributed by atoms with Crippen molar-refractivity contribution in [2.24, 2.45) is 7.05 Å². The van der Waals surface area contributed by atoms with E-state index in [4.69, 9.17) is 16.3 Å². The molecule has 1 N–H and O–H groups in total. The number of rotatable bonds is 6. The largest absolute Gasteiger partial charge is 0.454 e. The Morgan fingerprint density at radius 1 is 1.16 bits per heavy atom. The summed E-state index contributed by atoms with van der Waals surface area (Å²) in [6, 6.07) is 13.1. The highest BCUT2D eigenvalue weighted by molar-refractivity contribution is 7.93. The maximum absolute atomic E-state index is 12.5. The molecule has 31 heavy (non-hydrogen) atoms. The molecule has 0 saturated heterocycles. The number of aryl methyl sites for hydroxylation is 1. The molecule has 0 saturated carbocycles. The molecule has 0 fully saturated rings. The van der Waals surface area contributed by atoms with Gasteiger partial charge in [-0.2, -0.15) is 10.4 Å². The van der Waals surface area contributed by atoms with E-state index >= 15 is 0 Å². The summed E-state index contributed by atoms with van der Waals surface area (Å²) >= 11 is 7.53. The van der Waals surface area contributed by atoms with Gasteiger partial charge < -0.3 is 4.74 Å². The molecule has 0 amide bonds. The van der Waals surface area contributed by atoms with Gasteiger partial charge in [-0.1, -0.05) is 11.6 Å². The van der Waals surface area contributed by atoms with E-state index in [0.717, 1.165) is 22.6 Å². The summed E-state index contributed by atoms with van der Waals surface area (Å²) in [5.74, 6) is 0.520. The summed E-state index contributed by atoms with van der Waals surface area (Å²) in [6.45, 7) is 0. The van der Waals surface area contributed by atoms with Gasteiger partial charge in [0, 0.05) is 30.4 Å². The lowest BCUT2D eigenvalue weighted by atomic mass is 10.1. The number of anilines is 1. The molecular weight excluding hydrogens is 458 g/mol. The summed E-state index contributed by atoms with van der Waals surface area (Å²) in [5, 5.41) is 15.9. The maximum atomic E-state index is 12.5. The predicted octanol–water partition coefficient (Wildman–Crippen LogP) is 4.66. The van der Waals surface area contributed by atoms with Crippen LogP contribution in [0.1, 0.15) is 5.56 Å². The topological polar surface area (TPSA) is 110 Å². The fourth-order valence-electron chi connectivity index (χ4n) is 2.82. The Kier molecular flexibility index (Phi) is 5.65. The third-order valence-electron chi connectivity index (χ3n) is 4.30. The molecule has 156 valence electrons. The number of thiazole rings is 1. The Hall–Kier alpha value is -3.39. The van der Waals surface area contributed by atoms with Crippen molar-refractivity contribution in [2.75, 3.05) is 4.72 Å². The zero-order chi connectivity index (χ0) is 22.0. The molecule has 2 aromatic carbocycles. The van der Waals surface area contributed by atoms with Crippen molar-refractivity contribution in [3.05, 3.63) is 70.8 Å². The molecule has 4 aromatic rings. The van der Waals surface area contributed by atoms with Gasteiger partial charge in [-0.05, 0) is 42.5 Å². The molecule has 0 aliphatic heterocycles. The van der Waals surface area contributed by atoms with E-state index in [1.807, 2.05) is 25.2 Å². The number of nitrogens with zero attached hydrogens (tertiary/aromatic N) is 4. The van der Waals surface area contributed by atoms with Gasteiger partial charge in [-0.25, -0.2) is 13.4 Å². The van der Waals surface area contributed by atoms with Crippen molar-refractivity contribution < 1.29 is 13.2 Å². The fourth-order valence-corrected chi connectivity index (χ4v) is 4.85. The zero-order valence-corrected chi connectivity index (χ0v) is 18.4. The van der Waals surface area contributed by atoms with E-state index < -0.39 is 10.0 Å². The molecule has 11 heteroatoms. The van der Waals surface area contributed by atoms with Gasteiger partial charge in [0.2, 0.25) is 0 Å². The maximum Gasteiger partial charge on any atom is 0.263 e. The Labute approximate surface area is 187 Å². The Morgan fingerprint density at radius 2 is 1.97 bits per heavy atom. The summed E-state index contributed by atoms with van der Waals surface area (Å²) in [6.07, 6.45) is 3.18. The first kappa shape index (κ1) is 20.9. The van der Waals surface area contributed by atoms with Gasteiger partial charge in [-0.3, -0.25) is 9.40 Å². The molecule has 0 aliphatic rings. The number of sulfonamides is 1. The molecule has 0 atom stereocenters. The second kappa shape index (κ2) is 8.39. The minimum absolute atomic E-state index is 0.0498. The first-order valence-corrected chi connectivity index (χ1v) is 11.5. The smallest absolute Gasteiger partial charge is 0.263 e. The van der Waals surface area contributed by atoms with E-state index in [2.05, 4.69) is 14.8 Å². The highest BCUT2D eigenvalue weighted by Gasteiger charge is 2.19. The van der Waals surface area contributed by atoms with E-state index in [1.54, 1.807) is 28.4 Å². The van der Waals surface area contributed by atoms with Crippen molar-refractivity contribution >= 4 is 38.1 Å². The van der Waals surface area contributed by atoms with Crippen LogP contribution in [0.5, 0.6) is 11.5 Å². The summed E-state index contributed by atoms with van der Waals surface area (Å²) in [7, 11) is -2.07. The highest BCUT2D eigenvalue weighted by atomic mass is 35.5. The summed E-state index contributed by atoms with van der Waals surface area (Å²) in [5.41, 5.74) is 1.79. The van der Waals surface area contributed by atoms with Crippen LogP contribution in [0.3, 0.4) is 0 Å². The summed E-state index contributed by atoms with van der Waals surface area (Å²) < 4.78 is 35.0. The quantitative estimate of drug-likeness (QED) is 0.438. The van der Waals surface area contributed by atoms with Crippen LogP contribution in [0.25, 0.3) is 11.3 Å². The SMILES string of the molecule is Cn1nccc1-c1ccc(Oc2ccc(S(=O)(=O)Nc3nccs3)cc2C#N)c(Cl)c1. The van der Waals surface area contributed by atoms with Crippen LogP contribution in [0.2, 0.25) is 5.02 Å². The van der Waals surface area contributed by atoms with Gasteiger partial charge in [0.15, 0.2) is 5.13 Å². The van der Waals surface area contributed by atoms with Crippen LogP contribution in [0.4, 0.5) is 5.13 Å². The molecule has 0 spiro atoms. The lowest BCUT2D eigenvalue weighted by Gasteiger charge is -2.12. The van der Waals surface area contributed by atoms with E-state index in [9.17, 15) is 13.7 Å². The van der Waals surface area contributed by atoms with Gasteiger partial charge in [0.25, 0.3) is 10.0 Å². The zero-order valence-electron chi connectivity index (χ0n) is 16.0. The standard InChI is InChI=1S/C20H14ClN5O3S2/c1-26-17(6-7-24-26)13-2-4-19(16(21)11-13)29-18-5-3-15(10-14(18)12-22)31(27,28)25-20-23-8-9-30-20/h2-11H,1H3,(H,23,25). The Balaban J connectivity index is 1.61. The predicted molar refractivity (Wildman–Crippen MR) is 118 cm³/mol. The fraction of sp³-hybridized carbons (Fsp3) is 0.0500. The number of benzene rings is 2. The van der Waals surface area contributed by atoms with Crippen LogP contribution in [-0.4, -0.2) is 23.2 Å². The number of ether oxygens (including phenoxy) is 1. The van der Waals surface area contributed by atoms with Crippen LogP contribution in [-0.2, 0) is 17.1 Å². The van der Waals surface area contributed by atoms with Gasteiger partial charge in [-0.15, -0.1) is 11.3 Å². The van der Waals surface area contributed by atoms with Crippen LogP contribution in [0, 0.1) is 11.3 Å². The minimum Gasteiger partial charge on any atom is -0.454 e. The van der Waals surface area contributed by atoms with Gasteiger partial charge in [0.1, 0.15) is 17.6 Å². The van der Waals surface area contributed by atoms with Crippen molar-refractivity contribution in [2.45, 2.75) is 4.90 Å². The average molecular weight is 472 g/mol. The molecule has 0 bridgehead atoms. The molecule has 4 rings (SSSR count). The molecule has 8 nitrogen and oxygen atoms in total. The van der Waals surface area contributed by atoms with Gasteiger partial charge >= 0.3 is 0 Å². The highest BCUT2D eigenvalue weighted by Crippen LogP contribution is 2.35. The first-order chi connectivity index (χ1) is 14.9. The summed E-state index contributed by atoms with van der Waals surface area (Å²) in [4.78, 5) is 3.82. The first-order valence-electron chi connectivity index (χ1n) is 8.79. The molecule has 2 heterocycles. The Bertz CT molecular complexity index is 1390. The molecular formula is C20H14ClN5O3S2. The molecule has 0 radical (unpaired) electrons. The van der Waals surface area contributed by atoms with Crippen molar-refractivity contribution in [3.63, 3.8) is 0 Å². The number of hydrogen-bond acceptors (Lipinski definition) is 7. The number of aromatic nitrogens is 3. The second-order valence-electron chi connectivity index (χ2n) is 6.30. The number of hydrogen-bond donors (Lipinski definition) is 1. The molecule has 2 aromatic heterocycles. The van der Waals surface area contributed by atoms with E-state index in [-0.39, 0.29) is 21.3 Å². The molecule has 0 aliphatic carbocycles. The number of nitrogens with one attached hydrogen (secondary N) is 1. The number of nitriles is 1. The lowest BCUT2D eigenvalue weighted by molar-refractivity contribution is 0.481. The van der Waals surface area contributed by atoms with Gasteiger partial charge in [0.05, 0.1) is 21.2 Å². The van der Waals surface area contributed by atoms with Crippen molar-refractivity contribution in [1.82, 2.24) is 14.8 Å². The minimum atomic E-state index is -3.89. The van der Waals surface area contributed by atoms with Crippen molar-refractivity contribution in [1.29, 1.82) is 5.26 Å². The van der Waals surface area contributed by atoms with Crippen molar-refractivity contribution in [3.8, 4) is 28.8 Å². The number of halogens is 1. The normalized spacial score (nSPS) is 11.1. The Morgan fingerprint density at radius 3 is 2.61 bits per heavy atom. The third-order valence-corrected chi connectivity index (χ3v) is 6.75. The average Bonchev–Trinajstić information content (AvgIpc) is 3.40. The van der Waals surface area contributed by atoms with Crippen LogP contribution < -0.4 is 9.46 Å². The monoisotopic (exact) mass is 471 g/mol. The van der Waals surface area contributed by atoms with Crippen LogP contribution >= 0.6 is 22.9 Å². The van der Waals surface area contributed by atoms with E-state index in [0.29, 0.717) is 10.8 Å².